The van der Waals surface area contributed by atoms with E-state index in [0.29, 0.717) is 6.07 Å². The van der Waals surface area contributed by atoms with Crippen LogP contribution in [-0.4, -0.2) is 0 Å². The molecular formula is C6H3F3IN. The Kier molecular flexibility index (Phi) is 2.58. The average molecular weight is 273 g/mol. The maximum atomic E-state index is 12.6. The van der Waals surface area contributed by atoms with E-state index in [1.54, 1.807) is 22.9 Å². The molecule has 0 radical (unpaired) electrons. The van der Waals surface area contributed by atoms with Crippen LogP contribution in [0.5, 0.6) is 0 Å². The molecule has 1 aromatic rings. The summed E-state index contributed by atoms with van der Waals surface area (Å²) >= 11 is 1.59. The minimum absolute atomic E-state index is 0.192. The molecule has 0 amide bonds. The van der Waals surface area contributed by atoms with E-state index in [0.717, 1.165) is 6.07 Å². The van der Waals surface area contributed by atoms with Crippen LogP contribution in [0.1, 0.15) is 0 Å². The Balaban J connectivity index is 3.24. The van der Waals surface area contributed by atoms with Gasteiger partial charge in [-0.3, -0.25) is 0 Å². The molecule has 1 rings (SSSR count). The van der Waals surface area contributed by atoms with Crippen LogP contribution in [0.15, 0.2) is 12.1 Å². The van der Waals surface area contributed by atoms with Crippen molar-refractivity contribution in [2.45, 2.75) is 0 Å². The van der Waals surface area contributed by atoms with Crippen molar-refractivity contribution in [2.75, 3.05) is 3.53 Å². The summed E-state index contributed by atoms with van der Waals surface area (Å²) in [6.45, 7) is 0. The van der Waals surface area contributed by atoms with E-state index in [9.17, 15) is 13.2 Å². The zero-order valence-corrected chi connectivity index (χ0v) is 7.32. The van der Waals surface area contributed by atoms with Crippen molar-refractivity contribution in [1.82, 2.24) is 0 Å². The largest absolute Gasteiger partial charge is 0.326 e. The third-order valence-electron chi connectivity index (χ3n) is 1.09. The second-order valence-electron chi connectivity index (χ2n) is 1.84. The Morgan fingerprint density at radius 2 is 1.82 bits per heavy atom. The van der Waals surface area contributed by atoms with Crippen LogP contribution < -0.4 is 3.53 Å². The first-order valence-electron chi connectivity index (χ1n) is 2.66. The van der Waals surface area contributed by atoms with E-state index in [-0.39, 0.29) is 5.69 Å². The molecule has 0 heterocycles. The molecule has 0 fully saturated rings. The lowest BCUT2D eigenvalue weighted by atomic mass is 10.3. The fourth-order valence-electron chi connectivity index (χ4n) is 0.625. The first-order chi connectivity index (χ1) is 5.15. The minimum atomic E-state index is -1.19. The topological polar surface area (TPSA) is 12.0 Å². The molecule has 11 heavy (non-hydrogen) atoms. The first-order valence-corrected chi connectivity index (χ1v) is 3.74. The van der Waals surface area contributed by atoms with Gasteiger partial charge in [0.15, 0.2) is 11.6 Å². The van der Waals surface area contributed by atoms with Crippen LogP contribution in [0.25, 0.3) is 0 Å². The average Bonchev–Trinajstić information content (AvgIpc) is 1.96. The van der Waals surface area contributed by atoms with Crippen molar-refractivity contribution in [3.63, 3.8) is 0 Å². The lowest BCUT2D eigenvalue weighted by Crippen LogP contribution is -1.92. The highest BCUT2D eigenvalue weighted by Gasteiger charge is 2.09. The van der Waals surface area contributed by atoms with Gasteiger partial charge in [0.1, 0.15) is 5.82 Å². The molecule has 0 atom stereocenters. The van der Waals surface area contributed by atoms with Gasteiger partial charge >= 0.3 is 0 Å². The molecule has 0 aromatic heterocycles. The van der Waals surface area contributed by atoms with E-state index in [2.05, 4.69) is 3.53 Å². The Morgan fingerprint density at radius 1 is 1.18 bits per heavy atom. The van der Waals surface area contributed by atoms with E-state index < -0.39 is 17.5 Å². The molecule has 1 aromatic carbocycles. The van der Waals surface area contributed by atoms with Crippen molar-refractivity contribution in [3.8, 4) is 0 Å². The van der Waals surface area contributed by atoms with Crippen LogP contribution in [0.4, 0.5) is 18.9 Å². The second-order valence-corrected chi connectivity index (χ2v) is 2.38. The monoisotopic (exact) mass is 273 g/mol. The standard InChI is InChI=1S/C6H3F3IN/c7-3-1-4(8)6(9)5(2-3)11-10/h1-2,11H. The smallest absolute Gasteiger partial charge is 0.182 e. The van der Waals surface area contributed by atoms with E-state index >= 15 is 0 Å². The van der Waals surface area contributed by atoms with Gasteiger partial charge in [-0.1, -0.05) is 0 Å². The lowest BCUT2D eigenvalue weighted by molar-refractivity contribution is 0.499. The third-order valence-corrected chi connectivity index (χ3v) is 1.68. The van der Waals surface area contributed by atoms with E-state index in [1.165, 1.54) is 0 Å². The van der Waals surface area contributed by atoms with Crippen LogP contribution in [-0.2, 0) is 0 Å². The molecule has 0 aliphatic carbocycles. The first kappa shape index (κ1) is 8.63. The maximum Gasteiger partial charge on any atom is 0.182 e. The molecule has 0 unspecified atom stereocenters. The van der Waals surface area contributed by atoms with Crippen molar-refractivity contribution in [2.24, 2.45) is 0 Å². The summed E-state index contributed by atoms with van der Waals surface area (Å²) in [4.78, 5) is 0. The highest BCUT2D eigenvalue weighted by molar-refractivity contribution is 14.1. The molecule has 0 bridgehead atoms. The lowest BCUT2D eigenvalue weighted by Gasteiger charge is -2.00. The summed E-state index contributed by atoms with van der Waals surface area (Å²) in [7, 11) is 0. The summed E-state index contributed by atoms with van der Waals surface area (Å²) in [6.07, 6.45) is 0. The molecule has 1 nitrogen and oxygen atoms in total. The van der Waals surface area contributed by atoms with Gasteiger partial charge in [-0.05, 0) is 0 Å². The summed E-state index contributed by atoms with van der Waals surface area (Å²) in [5.74, 6) is -3.06. The number of hydrogen-bond donors (Lipinski definition) is 1. The van der Waals surface area contributed by atoms with Crippen molar-refractivity contribution in [1.29, 1.82) is 0 Å². The minimum Gasteiger partial charge on any atom is -0.326 e. The van der Waals surface area contributed by atoms with Crippen molar-refractivity contribution < 1.29 is 13.2 Å². The number of anilines is 1. The maximum absolute atomic E-state index is 12.6. The van der Waals surface area contributed by atoms with Gasteiger partial charge in [0, 0.05) is 12.1 Å². The molecule has 0 aliphatic rings. The highest BCUT2D eigenvalue weighted by Crippen LogP contribution is 2.19. The summed E-state index contributed by atoms with van der Waals surface area (Å²) in [5, 5.41) is 0. The van der Waals surface area contributed by atoms with Crippen LogP contribution in [0, 0.1) is 17.5 Å². The molecular weight excluding hydrogens is 270 g/mol. The molecule has 5 heteroatoms. The van der Waals surface area contributed by atoms with Gasteiger partial charge < -0.3 is 3.53 Å². The molecule has 0 spiro atoms. The molecule has 0 saturated heterocycles. The molecule has 0 aliphatic heterocycles. The van der Waals surface area contributed by atoms with E-state index in [4.69, 9.17) is 0 Å². The zero-order valence-electron chi connectivity index (χ0n) is 5.17. The number of rotatable bonds is 1. The Labute approximate surface area is 75.1 Å². The van der Waals surface area contributed by atoms with Gasteiger partial charge in [0.2, 0.25) is 0 Å². The predicted octanol–water partition coefficient (Wildman–Crippen LogP) is 2.87. The van der Waals surface area contributed by atoms with Crippen LogP contribution >= 0.6 is 22.9 Å². The SMILES string of the molecule is Fc1cc(F)c(F)c(NI)c1. The quantitative estimate of drug-likeness (QED) is 0.471. The van der Waals surface area contributed by atoms with Crippen LogP contribution in [0.2, 0.25) is 0 Å². The highest BCUT2D eigenvalue weighted by atomic mass is 127. The van der Waals surface area contributed by atoms with Gasteiger partial charge in [-0.15, -0.1) is 0 Å². The fourth-order valence-corrected chi connectivity index (χ4v) is 1.02. The third kappa shape index (κ3) is 1.76. The number of nitrogens with one attached hydrogen (secondary N) is 1. The second kappa shape index (κ2) is 3.29. The van der Waals surface area contributed by atoms with Gasteiger partial charge in [-0.25, -0.2) is 13.2 Å². The number of hydrogen-bond acceptors (Lipinski definition) is 1. The van der Waals surface area contributed by atoms with Gasteiger partial charge in [0.25, 0.3) is 0 Å². The normalized spacial score (nSPS) is 9.82. The Morgan fingerprint density at radius 3 is 2.36 bits per heavy atom. The zero-order chi connectivity index (χ0) is 8.43. The fraction of sp³-hybridized carbons (Fsp3) is 0. The van der Waals surface area contributed by atoms with Crippen molar-refractivity contribution >= 4 is 28.6 Å². The van der Waals surface area contributed by atoms with Crippen molar-refractivity contribution in [3.05, 3.63) is 29.6 Å². The van der Waals surface area contributed by atoms with Gasteiger partial charge in [0.05, 0.1) is 28.6 Å². The Bertz CT molecular complexity index is 277. The summed E-state index contributed by atoms with van der Waals surface area (Å²) in [5.41, 5.74) is -0.192. The summed E-state index contributed by atoms with van der Waals surface area (Å²) < 4.78 is 39.6. The molecule has 0 saturated carbocycles. The van der Waals surface area contributed by atoms with Gasteiger partial charge in [-0.2, -0.15) is 0 Å². The molecule has 60 valence electrons. The summed E-state index contributed by atoms with van der Waals surface area (Å²) in [6, 6.07) is 1.37. The predicted molar refractivity (Wildman–Crippen MR) is 44.0 cm³/mol. The number of halogens is 4. The molecule has 1 N–H and O–H groups in total. The van der Waals surface area contributed by atoms with Crippen LogP contribution in [0.3, 0.4) is 0 Å². The Hall–Kier alpha value is -0.460. The van der Waals surface area contributed by atoms with E-state index in [1.807, 2.05) is 0 Å². The number of benzene rings is 1.